The summed E-state index contributed by atoms with van der Waals surface area (Å²) in [5.41, 5.74) is 0. The highest BCUT2D eigenvalue weighted by atomic mass is 16.7. The number of ether oxygens (including phenoxy) is 2. The van der Waals surface area contributed by atoms with E-state index < -0.39 is 73.8 Å². The molecule has 0 aliphatic carbocycles. The van der Waals surface area contributed by atoms with Gasteiger partial charge in [0.25, 0.3) is 0 Å². The lowest BCUT2D eigenvalue weighted by Gasteiger charge is -2.40. The Kier molecular flexibility index (Phi) is 5.63. The first-order chi connectivity index (χ1) is 11.8. The molecule has 0 radical (unpaired) electrons. The predicted molar refractivity (Wildman–Crippen MR) is 77.2 cm³/mol. The summed E-state index contributed by atoms with van der Waals surface area (Å²) in [6.45, 7) is -0.862. The van der Waals surface area contributed by atoms with Crippen molar-refractivity contribution in [3.05, 3.63) is 0 Å². The predicted octanol–water partition coefficient (Wildman–Crippen LogP) is -7.10. The molecule has 11 heteroatoms. The summed E-state index contributed by atoms with van der Waals surface area (Å²) < 4.78 is 10.8. The van der Waals surface area contributed by atoms with Crippen LogP contribution in [0, 0.1) is 0 Å². The third-order valence-electron chi connectivity index (χ3n) is 5.57. The quantitative estimate of drug-likeness (QED) is 0.231. The fourth-order valence-electron chi connectivity index (χ4n) is 4.14. The Bertz CT molecular complexity index is 467. The molecular weight excluding hydrogens is 342 g/mol. The number of hydrogen-bond acceptors (Lipinski definition) is 10. The fraction of sp³-hybridized carbons (Fsp3) is 1.00. The highest BCUT2D eigenvalue weighted by Gasteiger charge is 2.62. The van der Waals surface area contributed by atoms with E-state index >= 15 is 0 Å². The van der Waals surface area contributed by atoms with Gasteiger partial charge >= 0.3 is 0 Å². The standard InChI is InChI=1S/C14H25NO10/c16-2-4-8(18)11(21)7-9(19)5(1-15(4)7)24-14-13(23)12(22)10(20)6(3-17)25-14/h4-14,16-23H,1-3H2/p+1/t4-,5+,6-,7-,8-,9-,10-,11-,12+,13-,14+/m1/s1. The van der Waals surface area contributed by atoms with Crippen LogP contribution in [0.5, 0.6) is 0 Å². The van der Waals surface area contributed by atoms with Crippen LogP contribution < -0.4 is 4.90 Å². The van der Waals surface area contributed by atoms with E-state index in [9.17, 15) is 40.9 Å². The molecule has 9 N–H and O–H groups in total. The molecule has 11 nitrogen and oxygen atoms in total. The molecule has 146 valence electrons. The van der Waals surface area contributed by atoms with E-state index in [-0.39, 0.29) is 13.2 Å². The lowest BCUT2D eigenvalue weighted by Crippen LogP contribution is -3.17. The third-order valence-corrected chi connectivity index (χ3v) is 5.57. The molecular formula is C14H26NO10+. The molecule has 3 fully saturated rings. The van der Waals surface area contributed by atoms with E-state index in [1.54, 1.807) is 0 Å². The molecule has 3 heterocycles. The van der Waals surface area contributed by atoms with Gasteiger partial charge in [0, 0.05) is 0 Å². The van der Waals surface area contributed by atoms with E-state index in [0.717, 1.165) is 0 Å². The van der Waals surface area contributed by atoms with Crippen LogP contribution in [0.2, 0.25) is 0 Å². The van der Waals surface area contributed by atoms with E-state index in [1.165, 1.54) is 0 Å². The van der Waals surface area contributed by atoms with Crippen LogP contribution in [0.15, 0.2) is 0 Å². The molecule has 25 heavy (non-hydrogen) atoms. The smallest absolute Gasteiger partial charge is 0.187 e. The molecule has 0 aromatic heterocycles. The molecule has 0 bridgehead atoms. The van der Waals surface area contributed by atoms with Crippen LogP contribution in [0.25, 0.3) is 0 Å². The minimum absolute atomic E-state index is 0.125. The molecule has 0 aromatic rings. The average Bonchev–Trinajstić information content (AvgIpc) is 3.03. The lowest BCUT2D eigenvalue weighted by molar-refractivity contribution is -0.929. The van der Waals surface area contributed by atoms with Gasteiger partial charge in [-0.2, -0.15) is 0 Å². The van der Waals surface area contributed by atoms with Crippen LogP contribution in [0.1, 0.15) is 0 Å². The van der Waals surface area contributed by atoms with Crippen LogP contribution >= 0.6 is 0 Å². The topological polar surface area (TPSA) is 185 Å². The van der Waals surface area contributed by atoms with E-state index in [1.807, 2.05) is 0 Å². The second kappa shape index (κ2) is 7.29. The Hall–Kier alpha value is -0.440. The van der Waals surface area contributed by atoms with Crippen LogP contribution in [0.4, 0.5) is 0 Å². The number of quaternary nitrogens is 1. The summed E-state index contributed by atoms with van der Waals surface area (Å²) in [5.74, 6) is 0. The van der Waals surface area contributed by atoms with E-state index in [2.05, 4.69) is 0 Å². The summed E-state index contributed by atoms with van der Waals surface area (Å²) in [6.07, 6.45) is -11.8. The number of rotatable bonds is 4. The van der Waals surface area contributed by atoms with Crippen molar-refractivity contribution >= 4 is 0 Å². The zero-order valence-electron chi connectivity index (χ0n) is 13.4. The molecule has 0 amide bonds. The van der Waals surface area contributed by atoms with Gasteiger partial charge in [-0.05, 0) is 0 Å². The largest absolute Gasteiger partial charge is 0.394 e. The van der Waals surface area contributed by atoms with E-state index in [0.29, 0.717) is 4.90 Å². The Morgan fingerprint density at radius 2 is 1.48 bits per heavy atom. The van der Waals surface area contributed by atoms with Gasteiger partial charge in [0.1, 0.15) is 67.5 Å². The van der Waals surface area contributed by atoms with Crippen molar-refractivity contribution in [1.82, 2.24) is 0 Å². The van der Waals surface area contributed by atoms with Gasteiger partial charge in [0.2, 0.25) is 0 Å². The maximum Gasteiger partial charge on any atom is 0.187 e. The number of hydrogen-bond donors (Lipinski definition) is 9. The van der Waals surface area contributed by atoms with Crippen LogP contribution in [-0.4, -0.2) is 128 Å². The second-order valence-electron chi connectivity index (χ2n) is 6.94. The Labute approximate surface area is 143 Å². The number of aliphatic hydroxyl groups excluding tert-OH is 8. The average molecular weight is 368 g/mol. The summed E-state index contributed by atoms with van der Waals surface area (Å²) in [6, 6.07) is -1.46. The SMILES string of the molecule is OC[C@@H]1[C@@H](O)[C@H](O)[C@H]2[C@H](O)[C@@H](O[C@H]3O[C@H](CO)[C@@H](O)[C@H](O)[C@H]3O)C[NH+]21. The zero-order chi connectivity index (χ0) is 18.5. The maximum atomic E-state index is 10.4. The van der Waals surface area contributed by atoms with Crippen LogP contribution in [-0.2, 0) is 9.47 Å². The van der Waals surface area contributed by atoms with Crippen molar-refractivity contribution < 1.29 is 55.2 Å². The van der Waals surface area contributed by atoms with Crippen molar-refractivity contribution in [2.24, 2.45) is 0 Å². The van der Waals surface area contributed by atoms with Crippen molar-refractivity contribution in [3.63, 3.8) is 0 Å². The maximum absolute atomic E-state index is 10.4. The van der Waals surface area contributed by atoms with Gasteiger partial charge in [0.15, 0.2) is 6.29 Å². The van der Waals surface area contributed by atoms with Gasteiger partial charge < -0.3 is 55.2 Å². The highest BCUT2D eigenvalue weighted by molar-refractivity contribution is 4.99. The molecule has 1 unspecified atom stereocenters. The molecule has 3 rings (SSSR count). The van der Waals surface area contributed by atoms with Gasteiger partial charge in [-0.1, -0.05) is 0 Å². The van der Waals surface area contributed by atoms with Gasteiger partial charge in [-0.15, -0.1) is 0 Å². The molecule has 0 aromatic carbocycles. The van der Waals surface area contributed by atoms with Gasteiger partial charge in [-0.25, -0.2) is 0 Å². The summed E-state index contributed by atoms with van der Waals surface area (Å²) in [5, 5.41) is 78.6. The van der Waals surface area contributed by atoms with E-state index in [4.69, 9.17) is 9.47 Å². The first-order valence-corrected chi connectivity index (χ1v) is 8.28. The van der Waals surface area contributed by atoms with Gasteiger partial charge in [-0.3, -0.25) is 0 Å². The monoisotopic (exact) mass is 368 g/mol. The van der Waals surface area contributed by atoms with Crippen molar-refractivity contribution in [1.29, 1.82) is 0 Å². The summed E-state index contributed by atoms with van der Waals surface area (Å²) in [7, 11) is 0. The Balaban J connectivity index is 1.70. The Morgan fingerprint density at radius 1 is 0.800 bits per heavy atom. The number of nitrogens with one attached hydrogen (secondary N) is 1. The molecule has 0 saturated carbocycles. The molecule has 3 aliphatic rings. The first-order valence-electron chi connectivity index (χ1n) is 8.28. The lowest BCUT2D eigenvalue weighted by atomic mass is 9.99. The molecule has 0 spiro atoms. The van der Waals surface area contributed by atoms with Crippen molar-refractivity contribution in [2.75, 3.05) is 19.8 Å². The van der Waals surface area contributed by atoms with Crippen molar-refractivity contribution in [2.45, 2.75) is 67.2 Å². The molecule has 3 saturated heterocycles. The number of aliphatic hydroxyl groups is 8. The minimum Gasteiger partial charge on any atom is -0.394 e. The Morgan fingerprint density at radius 3 is 2.08 bits per heavy atom. The minimum atomic E-state index is -1.60. The fourth-order valence-corrected chi connectivity index (χ4v) is 4.14. The van der Waals surface area contributed by atoms with Gasteiger partial charge in [0.05, 0.1) is 13.2 Å². The first kappa shape index (κ1) is 19.3. The molecule has 3 aliphatic heterocycles. The number of fused-ring (bicyclic) bond motifs is 1. The zero-order valence-corrected chi connectivity index (χ0v) is 13.4. The summed E-state index contributed by atoms with van der Waals surface area (Å²) >= 11 is 0. The normalized spacial score (nSPS) is 56.2. The highest BCUT2D eigenvalue weighted by Crippen LogP contribution is 2.26. The van der Waals surface area contributed by atoms with Crippen LogP contribution in [0.3, 0.4) is 0 Å². The molecule has 12 atom stereocenters. The third kappa shape index (κ3) is 3.09. The summed E-state index contributed by atoms with van der Waals surface area (Å²) in [4.78, 5) is 0.574. The second-order valence-corrected chi connectivity index (χ2v) is 6.94. The van der Waals surface area contributed by atoms with Crippen molar-refractivity contribution in [3.8, 4) is 0 Å².